The van der Waals surface area contributed by atoms with E-state index in [-0.39, 0.29) is 31.1 Å². The van der Waals surface area contributed by atoms with Crippen LogP contribution < -0.4 is 0 Å². The molecule has 0 amide bonds. The molecule has 0 aromatic carbocycles. The number of allylic oxidation sites excluding steroid dienone is 12. The van der Waals surface area contributed by atoms with Gasteiger partial charge < -0.3 is 14.2 Å². The quantitative estimate of drug-likeness (QED) is 0.0261. The Bertz CT molecular complexity index is 1500. The summed E-state index contributed by atoms with van der Waals surface area (Å²) in [6, 6.07) is 0. The van der Waals surface area contributed by atoms with Crippen LogP contribution in [0.25, 0.3) is 0 Å². The van der Waals surface area contributed by atoms with Gasteiger partial charge in [-0.05, 0) is 89.9 Å². The number of rotatable bonds is 66. The summed E-state index contributed by atoms with van der Waals surface area (Å²) in [5.74, 6) is -0.872. The molecule has 0 aromatic rings. The SMILES string of the molecule is CC/C=C\C/C=C\C/C=C\C/C=C\CCCCCCCCC(=O)OC(COC(=O)CCCCCCCCCCCC)COC(=O)CCCCCCCCCCCCCCCCCCCCCCCCC/C=C\C/C=C\CCCCCCC. The molecule has 82 heavy (non-hydrogen) atoms. The van der Waals surface area contributed by atoms with Crippen LogP contribution in [0.15, 0.2) is 72.9 Å². The minimum atomic E-state index is -0.780. The molecule has 0 aromatic heterocycles. The van der Waals surface area contributed by atoms with Crippen molar-refractivity contribution < 1.29 is 28.6 Å². The Morgan fingerprint density at radius 3 is 0.744 bits per heavy atom. The molecule has 0 saturated carbocycles. The Balaban J connectivity index is 4.06. The second kappa shape index (κ2) is 70.3. The number of carbonyl (C=O) groups excluding carboxylic acids is 3. The summed E-state index contributed by atoms with van der Waals surface area (Å²) in [5, 5.41) is 0. The van der Waals surface area contributed by atoms with E-state index in [9.17, 15) is 14.4 Å². The summed E-state index contributed by atoms with van der Waals surface area (Å²) in [4.78, 5) is 38.3. The van der Waals surface area contributed by atoms with Crippen LogP contribution >= 0.6 is 0 Å². The monoisotopic (exact) mass is 1150 g/mol. The van der Waals surface area contributed by atoms with Crippen LogP contribution in [-0.4, -0.2) is 37.2 Å². The maximum Gasteiger partial charge on any atom is 0.306 e. The van der Waals surface area contributed by atoms with Crippen molar-refractivity contribution in [3.63, 3.8) is 0 Å². The normalized spacial score (nSPS) is 12.5. The molecular weight excluding hydrogens is 1010 g/mol. The fourth-order valence-corrected chi connectivity index (χ4v) is 10.6. The van der Waals surface area contributed by atoms with Gasteiger partial charge in [0.25, 0.3) is 0 Å². The van der Waals surface area contributed by atoms with Crippen LogP contribution in [0, 0.1) is 0 Å². The van der Waals surface area contributed by atoms with Crippen molar-refractivity contribution in [1.29, 1.82) is 0 Å². The predicted molar refractivity (Wildman–Crippen MR) is 358 cm³/mol. The highest BCUT2D eigenvalue weighted by Crippen LogP contribution is 2.18. The van der Waals surface area contributed by atoms with E-state index in [1.54, 1.807) is 0 Å². The average Bonchev–Trinajstić information content (AvgIpc) is 3.48. The molecule has 0 aliphatic heterocycles. The highest BCUT2D eigenvalue weighted by atomic mass is 16.6. The van der Waals surface area contributed by atoms with Crippen molar-refractivity contribution in [2.45, 2.75) is 380 Å². The van der Waals surface area contributed by atoms with Crippen LogP contribution in [-0.2, 0) is 28.6 Å². The Morgan fingerprint density at radius 1 is 0.256 bits per heavy atom. The summed E-state index contributed by atoms with van der Waals surface area (Å²) in [5.41, 5.74) is 0. The first-order valence-electron chi connectivity index (χ1n) is 35.9. The molecule has 0 fully saturated rings. The smallest absolute Gasteiger partial charge is 0.306 e. The molecule has 6 heteroatoms. The number of esters is 3. The number of carbonyl (C=O) groups is 3. The highest BCUT2D eigenvalue weighted by Gasteiger charge is 2.19. The van der Waals surface area contributed by atoms with Crippen LogP contribution in [0.2, 0.25) is 0 Å². The first kappa shape index (κ1) is 78.8. The standard InChI is InChI=1S/C76H136O6/c1-4-7-10-13-16-19-22-24-26-28-30-31-32-33-34-35-36-37-38-39-40-41-42-43-44-45-47-48-50-52-54-57-60-63-66-69-75(78)81-72-73(71-80-74(77)68-65-62-59-56-21-18-15-12-9-6-3)82-76(79)70-67-64-61-58-55-53-51-49-46-29-27-25-23-20-17-14-11-8-5-2/h8,11,17,20,22,24-25,27-28,30,46,49,73H,4-7,9-10,12-16,18-19,21,23,26,29,31-45,47-48,50-72H2,1-3H3/b11-8-,20-17-,24-22-,27-25-,30-28-,49-46-. The maximum atomic E-state index is 12.9. The lowest BCUT2D eigenvalue weighted by atomic mass is 10.0. The molecule has 0 aliphatic rings. The fourth-order valence-electron chi connectivity index (χ4n) is 10.6. The van der Waals surface area contributed by atoms with E-state index < -0.39 is 6.10 Å². The fraction of sp³-hybridized carbons (Fsp3) is 0.803. The highest BCUT2D eigenvalue weighted by molar-refractivity contribution is 5.71. The molecular formula is C76H136O6. The number of unbranched alkanes of at least 4 members (excludes halogenated alkanes) is 43. The topological polar surface area (TPSA) is 78.9 Å². The predicted octanol–water partition coefficient (Wildman–Crippen LogP) is 24.8. The van der Waals surface area contributed by atoms with Crippen molar-refractivity contribution in [3.8, 4) is 0 Å². The van der Waals surface area contributed by atoms with Gasteiger partial charge in [0.15, 0.2) is 6.10 Å². The van der Waals surface area contributed by atoms with Gasteiger partial charge in [0.2, 0.25) is 0 Å². The van der Waals surface area contributed by atoms with Crippen molar-refractivity contribution in [2.75, 3.05) is 13.2 Å². The minimum Gasteiger partial charge on any atom is -0.462 e. The van der Waals surface area contributed by atoms with E-state index >= 15 is 0 Å². The molecule has 0 radical (unpaired) electrons. The van der Waals surface area contributed by atoms with E-state index in [0.717, 1.165) is 103 Å². The molecule has 0 bridgehead atoms. The zero-order valence-corrected chi connectivity index (χ0v) is 54.8. The lowest BCUT2D eigenvalue weighted by Gasteiger charge is -2.18. The minimum absolute atomic E-state index is 0.0764. The van der Waals surface area contributed by atoms with Crippen molar-refractivity contribution in [3.05, 3.63) is 72.9 Å². The number of hydrogen-bond acceptors (Lipinski definition) is 6. The number of hydrogen-bond donors (Lipinski definition) is 0. The third kappa shape index (κ3) is 67.6. The molecule has 0 aliphatic carbocycles. The van der Waals surface area contributed by atoms with Gasteiger partial charge >= 0.3 is 17.9 Å². The van der Waals surface area contributed by atoms with Gasteiger partial charge in [-0.25, -0.2) is 0 Å². The van der Waals surface area contributed by atoms with E-state index in [2.05, 4.69) is 93.7 Å². The molecule has 6 nitrogen and oxygen atoms in total. The average molecular weight is 1150 g/mol. The van der Waals surface area contributed by atoms with Crippen LogP contribution in [0.3, 0.4) is 0 Å². The van der Waals surface area contributed by atoms with Gasteiger partial charge in [-0.15, -0.1) is 0 Å². The third-order valence-corrected chi connectivity index (χ3v) is 15.9. The van der Waals surface area contributed by atoms with Gasteiger partial charge in [-0.3, -0.25) is 14.4 Å². The summed E-state index contributed by atoms with van der Waals surface area (Å²) in [6.07, 6.45) is 92.4. The van der Waals surface area contributed by atoms with E-state index in [1.165, 1.54) is 231 Å². The maximum absolute atomic E-state index is 12.9. The van der Waals surface area contributed by atoms with Gasteiger partial charge in [0.1, 0.15) is 13.2 Å². The first-order chi connectivity index (χ1) is 40.5. The third-order valence-electron chi connectivity index (χ3n) is 15.9. The summed E-state index contributed by atoms with van der Waals surface area (Å²) in [6.45, 7) is 6.54. The van der Waals surface area contributed by atoms with Gasteiger partial charge in [0, 0.05) is 19.3 Å². The van der Waals surface area contributed by atoms with Crippen LogP contribution in [0.4, 0.5) is 0 Å². The van der Waals surface area contributed by atoms with Crippen molar-refractivity contribution >= 4 is 17.9 Å². The second-order valence-corrected chi connectivity index (χ2v) is 24.1. The Hall–Kier alpha value is -3.15. The van der Waals surface area contributed by atoms with Crippen LogP contribution in [0.1, 0.15) is 374 Å². The molecule has 0 saturated heterocycles. The molecule has 1 atom stereocenters. The van der Waals surface area contributed by atoms with Gasteiger partial charge in [0.05, 0.1) is 0 Å². The van der Waals surface area contributed by atoms with E-state index in [1.807, 2.05) is 0 Å². The number of ether oxygens (including phenoxy) is 3. The molecule has 476 valence electrons. The molecule has 1 unspecified atom stereocenters. The summed E-state index contributed by atoms with van der Waals surface area (Å²) >= 11 is 0. The Morgan fingerprint density at radius 2 is 0.476 bits per heavy atom. The molecule has 0 heterocycles. The van der Waals surface area contributed by atoms with Crippen molar-refractivity contribution in [1.82, 2.24) is 0 Å². The van der Waals surface area contributed by atoms with Gasteiger partial charge in [-0.1, -0.05) is 338 Å². The van der Waals surface area contributed by atoms with Crippen LogP contribution in [0.5, 0.6) is 0 Å². The van der Waals surface area contributed by atoms with E-state index in [4.69, 9.17) is 14.2 Å². The lowest BCUT2D eigenvalue weighted by Crippen LogP contribution is -2.30. The summed E-state index contributed by atoms with van der Waals surface area (Å²) in [7, 11) is 0. The van der Waals surface area contributed by atoms with Gasteiger partial charge in [-0.2, -0.15) is 0 Å². The summed E-state index contributed by atoms with van der Waals surface area (Å²) < 4.78 is 16.9. The van der Waals surface area contributed by atoms with E-state index in [0.29, 0.717) is 19.3 Å². The molecule has 0 N–H and O–H groups in total. The Kier molecular flexibility index (Phi) is 67.6. The molecule has 0 spiro atoms. The Labute approximate surface area is 510 Å². The zero-order chi connectivity index (χ0) is 59.2. The first-order valence-corrected chi connectivity index (χ1v) is 35.9. The largest absolute Gasteiger partial charge is 0.462 e. The zero-order valence-electron chi connectivity index (χ0n) is 54.8. The lowest BCUT2D eigenvalue weighted by molar-refractivity contribution is -0.167. The second-order valence-electron chi connectivity index (χ2n) is 24.1. The molecule has 0 rings (SSSR count). The van der Waals surface area contributed by atoms with Crippen molar-refractivity contribution in [2.24, 2.45) is 0 Å².